The van der Waals surface area contributed by atoms with Crippen LogP contribution in [0, 0.1) is 0 Å². The maximum Gasteiger partial charge on any atom is 0.130 e. The summed E-state index contributed by atoms with van der Waals surface area (Å²) in [6.45, 7) is 4.07. The summed E-state index contributed by atoms with van der Waals surface area (Å²) in [7, 11) is 0. The van der Waals surface area contributed by atoms with E-state index in [0.717, 1.165) is 29.9 Å². The van der Waals surface area contributed by atoms with Crippen molar-refractivity contribution in [3.8, 4) is 0 Å². The van der Waals surface area contributed by atoms with Gasteiger partial charge in [0, 0.05) is 11.8 Å². The fraction of sp³-hybridized carbons (Fsp3) is 0.375. The molecule has 20 heavy (non-hydrogen) atoms. The number of aryl methyl sites for hydroxylation is 1. The molecule has 1 unspecified atom stereocenters. The van der Waals surface area contributed by atoms with Crippen molar-refractivity contribution in [1.82, 2.24) is 9.97 Å². The molecular weight excluding hydrogens is 250 g/mol. The van der Waals surface area contributed by atoms with Crippen molar-refractivity contribution in [2.45, 2.75) is 32.2 Å². The lowest BCUT2D eigenvalue weighted by Crippen LogP contribution is -2.36. The molecule has 0 saturated carbocycles. The topological polar surface area (TPSA) is 58.0 Å². The summed E-state index contributed by atoms with van der Waals surface area (Å²) in [5, 5.41) is 13.1. The lowest BCUT2D eigenvalue weighted by molar-refractivity contribution is 0.223. The quantitative estimate of drug-likeness (QED) is 0.848. The van der Waals surface area contributed by atoms with Gasteiger partial charge in [0.05, 0.1) is 12.1 Å². The fourth-order valence-corrected chi connectivity index (χ4v) is 2.15. The molecule has 4 nitrogen and oxygen atoms in total. The van der Waals surface area contributed by atoms with Gasteiger partial charge in [-0.3, -0.25) is 0 Å². The van der Waals surface area contributed by atoms with Crippen molar-refractivity contribution in [2.24, 2.45) is 0 Å². The van der Waals surface area contributed by atoms with E-state index in [1.165, 1.54) is 0 Å². The zero-order valence-corrected chi connectivity index (χ0v) is 12.0. The van der Waals surface area contributed by atoms with E-state index in [1.807, 2.05) is 43.3 Å². The summed E-state index contributed by atoms with van der Waals surface area (Å²) in [4.78, 5) is 8.49. The summed E-state index contributed by atoms with van der Waals surface area (Å²) in [5.74, 6) is 0.740. The Bertz CT molecular complexity index is 544. The summed E-state index contributed by atoms with van der Waals surface area (Å²) >= 11 is 0. The molecule has 2 N–H and O–H groups in total. The van der Waals surface area contributed by atoms with E-state index in [1.54, 1.807) is 6.33 Å². The third-order valence-electron chi connectivity index (χ3n) is 3.36. The van der Waals surface area contributed by atoms with Crippen molar-refractivity contribution in [3.63, 3.8) is 0 Å². The molecule has 1 atom stereocenters. The molecule has 1 aromatic carbocycles. The van der Waals surface area contributed by atoms with Gasteiger partial charge in [0.2, 0.25) is 0 Å². The SMILES string of the molecule is CCCc1cc(NC(C)(CO)c2ccccc2)ncn1. The van der Waals surface area contributed by atoms with Crippen LogP contribution in [0.15, 0.2) is 42.7 Å². The molecule has 0 amide bonds. The highest BCUT2D eigenvalue weighted by atomic mass is 16.3. The maximum absolute atomic E-state index is 9.77. The molecule has 1 aromatic heterocycles. The van der Waals surface area contributed by atoms with Gasteiger partial charge in [-0.2, -0.15) is 0 Å². The minimum Gasteiger partial charge on any atom is -0.394 e. The molecule has 1 heterocycles. The Hall–Kier alpha value is -1.94. The van der Waals surface area contributed by atoms with Crippen LogP contribution in [0.5, 0.6) is 0 Å². The van der Waals surface area contributed by atoms with Gasteiger partial charge in [0.15, 0.2) is 0 Å². The van der Waals surface area contributed by atoms with Crippen molar-refractivity contribution in [2.75, 3.05) is 11.9 Å². The van der Waals surface area contributed by atoms with Gasteiger partial charge < -0.3 is 10.4 Å². The number of anilines is 1. The molecule has 2 aromatic rings. The Morgan fingerprint density at radius 1 is 1.20 bits per heavy atom. The Morgan fingerprint density at radius 2 is 1.95 bits per heavy atom. The van der Waals surface area contributed by atoms with E-state index < -0.39 is 5.54 Å². The number of hydrogen-bond donors (Lipinski definition) is 2. The third-order valence-corrected chi connectivity index (χ3v) is 3.36. The molecule has 0 saturated heterocycles. The Kier molecular flexibility index (Phi) is 4.69. The van der Waals surface area contributed by atoms with Crippen LogP contribution in [0.4, 0.5) is 5.82 Å². The number of aliphatic hydroxyl groups excluding tert-OH is 1. The molecule has 0 aliphatic carbocycles. The molecule has 4 heteroatoms. The smallest absolute Gasteiger partial charge is 0.130 e. The first kappa shape index (κ1) is 14.5. The third kappa shape index (κ3) is 3.33. The summed E-state index contributed by atoms with van der Waals surface area (Å²) in [6.07, 6.45) is 3.54. The normalized spacial score (nSPS) is 13.8. The van der Waals surface area contributed by atoms with Crippen LogP contribution in [0.2, 0.25) is 0 Å². The van der Waals surface area contributed by atoms with Crippen molar-refractivity contribution < 1.29 is 5.11 Å². The Morgan fingerprint density at radius 3 is 2.60 bits per heavy atom. The fourth-order valence-electron chi connectivity index (χ4n) is 2.15. The second kappa shape index (κ2) is 6.48. The molecule has 0 fully saturated rings. The number of aromatic nitrogens is 2. The Balaban J connectivity index is 2.24. The predicted octanol–water partition coefficient (Wildman–Crippen LogP) is 2.75. The minimum atomic E-state index is -0.556. The van der Waals surface area contributed by atoms with Gasteiger partial charge in [0.25, 0.3) is 0 Å². The molecular formula is C16H21N3O. The first-order valence-electron chi connectivity index (χ1n) is 6.93. The summed E-state index contributed by atoms with van der Waals surface area (Å²) in [6, 6.07) is 11.8. The predicted molar refractivity (Wildman–Crippen MR) is 80.5 cm³/mol. The van der Waals surface area contributed by atoms with E-state index in [4.69, 9.17) is 0 Å². The number of hydrogen-bond acceptors (Lipinski definition) is 4. The first-order chi connectivity index (χ1) is 9.68. The van der Waals surface area contributed by atoms with Crippen LogP contribution < -0.4 is 5.32 Å². The standard InChI is InChI=1S/C16H21N3O/c1-3-7-14-10-15(18-12-17-14)19-16(2,11-20)13-8-5-4-6-9-13/h4-6,8-10,12,20H,3,7,11H2,1-2H3,(H,17,18,19). The molecule has 2 rings (SSSR count). The second-order valence-electron chi connectivity index (χ2n) is 5.13. The van der Waals surface area contributed by atoms with Gasteiger partial charge in [-0.05, 0) is 18.9 Å². The number of nitrogens with zero attached hydrogens (tertiary/aromatic N) is 2. The van der Waals surface area contributed by atoms with Crippen LogP contribution in [0.1, 0.15) is 31.5 Å². The summed E-state index contributed by atoms with van der Waals surface area (Å²) in [5.41, 5.74) is 1.48. The highest BCUT2D eigenvalue weighted by molar-refractivity contribution is 5.42. The number of rotatable bonds is 6. The zero-order valence-electron chi connectivity index (χ0n) is 12.0. The monoisotopic (exact) mass is 271 g/mol. The van der Waals surface area contributed by atoms with Crippen molar-refractivity contribution in [1.29, 1.82) is 0 Å². The van der Waals surface area contributed by atoms with Crippen LogP contribution in [0.3, 0.4) is 0 Å². The average molecular weight is 271 g/mol. The van der Waals surface area contributed by atoms with E-state index in [-0.39, 0.29) is 6.61 Å². The van der Waals surface area contributed by atoms with E-state index in [2.05, 4.69) is 22.2 Å². The molecule has 0 aliphatic heterocycles. The summed E-state index contributed by atoms with van der Waals surface area (Å²) < 4.78 is 0. The lowest BCUT2D eigenvalue weighted by atomic mass is 9.93. The number of nitrogens with one attached hydrogen (secondary N) is 1. The zero-order chi connectivity index (χ0) is 14.4. The van der Waals surface area contributed by atoms with Crippen LogP contribution in [-0.4, -0.2) is 21.7 Å². The average Bonchev–Trinajstić information content (AvgIpc) is 2.49. The van der Waals surface area contributed by atoms with E-state index in [0.29, 0.717) is 0 Å². The lowest BCUT2D eigenvalue weighted by Gasteiger charge is -2.30. The second-order valence-corrected chi connectivity index (χ2v) is 5.13. The van der Waals surface area contributed by atoms with E-state index >= 15 is 0 Å². The van der Waals surface area contributed by atoms with Crippen LogP contribution in [-0.2, 0) is 12.0 Å². The first-order valence-corrected chi connectivity index (χ1v) is 6.93. The highest BCUT2D eigenvalue weighted by Gasteiger charge is 2.25. The Labute approximate surface area is 119 Å². The largest absolute Gasteiger partial charge is 0.394 e. The van der Waals surface area contributed by atoms with E-state index in [9.17, 15) is 5.11 Å². The van der Waals surface area contributed by atoms with Gasteiger partial charge in [0.1, 0.15) is 12.1 Å². The van der Waals surface area contributed by atoms with Crippen molar-refractivity contribution in [3.05, 3.63) is 54.0 Å². The molecule has 0 aliphatic rings. The maximum atomic E-state index is 9.77. The van der Waals surface area contributed by atoms with Crippen LogP contribution in [0.25, 0.3) is 0 Å². The number of benzene rings is 1. The van der Waals surface area contributed by atoms with Gasteiger partial charge in [-0.25, -0.2) is 9.97 Å². The molecule has 0 spiro atoms. The molecule has 106 valence electrons. The molecule has 0 radical (unpaired) electrons. The van der Waals surface area contributed by atoms with Crippen molar-refractivity contribution >= 4 is 5.82 Å². The number of aliphatic hydroxyl groups is 1. The van der Waals surface area contributed by atoms with Crippen LogP contribution >= 0.6 is 0 Å². The highest BCUT2D eigenvalue weighted by Crippen LogP contribution is 2.24. The minimum absolute atomic E-state index is 0.00979. The molecule has 0 bridgehead atoms. The van der Waals surface area contributed by atoms with Gasteiger partial charge in [-0.15, -0.1) is 0 Å². The van der Waals surface area contributed by atoms with Gasteiger partial charge >= 0.3 is 0 Å². The van der Waals surface area contributed by atoms with Gasteiger partial charge in [-0.1, -0.05) is 43.7 Å².